The van der Waals surface area contributed by atoms with Crippen molar-refractivity contribution in [3.63, 3.8) is 0 Å². The highest BCUT2D eigenvalue weighted by Crippen LogP contribution is 2.33. The van der Waals surface area contributed by atoms with Gasteiger partial charge in [0.1, 0.15) is 5.54 Å². The maximum Gasteiger partial charge on any atom is 0.326 e. The van der Waals surface area contributed by atoms with E-state index in [1.807, 2.05) is 6.92 Å². The van der Waals surface area contributed by atoms with Crippen molar-refractivity contribution in [3.05, 3.63) is 0 Å². The van der Waals surface area contributed by atoms with Gasteiger partial charge in [-0.25, -0.2) is 0 Å². The zero-order valence-corrected chi connectivity index (χ0v) is 13.0. The molecule has 1 fully saturated rings. The van der Waals surface area contributed by atoms with Gasteiger partial charge < -0.3 is 15.0 Å². The fraction of sp³-hybridized carbons (Fsp3) is 0.933. The van der Waals surface area contributed by atoms with Crippen molar-refractivity contribution in [2.45, 2.75) is 64.0 Å². The quantitative estimate of drug-likeness (QED) is 0.542. The Morgan fingerprint density at radius 2 is 2.16 bits per heavy atom. The summed E-state index contributed by atoms with van der Waals surface area (Å²) in [5, 5.41) is 3.36. The molecular weight excluding hydrogens is 240 g/mol. The summed E-state index contributed by atoms with van der Waals surface area (Å²) < 4.78 is 5.00. The normalized spacial score (nSPS) is 26.9. The van der Waals surface area contributed by atoms with Crippen molar-refractivity contribution in [3.8, 4) is 0 Å². The second-order valence-electron chi connectivity index (χ2n) is 5.69. The Balaban J connectivity index is 2.55. The topological polar surface area (TPSA) is 41.6 Å². The molecule has 0 spiro atoms. The van der Waals surface area contributed by atoms with Crippen molar-refractivity contribution >= 4 is 5.97 Å². The number of likely N-dealkylation sites (N-methyl/N-ethyl adjacent to an activating group) is 1. The molecule has 1 saturated carbocycles. The minimum absolute atomic E-state index is 0.0983. The summed E-state index contributed by atoms with van der Waals surface area (Å²) in [6, 6.07) is 0.495. The Bertz CT molecular complexity index is 283. The lowest BCUT2D eigenvalue weighted by molar-refractivity contribution is -0.148. The summed E-state index contributed by atoms with van der Waals surface area (Å²) in [6.07, 6.45) is 6.61. The number of nitrogens with one attached hydrogen (secondary N) is 1. The van der Waals surface area contributed by atoms with Crippen LogP contribution in [0.1, 0.15) is 52.4 Å². The highest BCUT2D eigenvalue weighted by Gasteiger charge is 2.46. The molecule has 2 unspecified atom stereocenters. The number of ether oxygens (including phenoxy) is 1. The number of nitrogens with zero attached hydrogens (tertiary/aromatic N) is 1. The highest BCUT2D eigenvalue weighted by atomic mass is 16.5. The maximum absolute atomic E-state index is 12.1. The third kappa shape index (κ3) is 4.18. The molecule has 1 rings (SSSR count). The molecule has 1 aliphatic carbocycles. The van der Waals surface area contributed by atoms with Crippen LogP contribution in [0.5, 0.6) is 0 Å². The van der Waals surface area contributed by atoms with Crippen LogP contribution < -0.4 is 5.32 Å². The second kappa shape index (κ2) is 7.85. The average molecular weight is 270 g/mol. The summed E-state index contributed by atoms with van der Waals surface area (Å²) >= 11 is 0. The van der Waals surface area contributed by atoms with Gasteiger partial charge in [-0.3, -0.25) is 4.79 Å². The minimum atomic E-state index is -0.451. The lowest BCUT2D eigenvalue weighted by Crippen LogP contribution is -2.51. The first-order valence-electron chi connectivity index (χ1n) is 7.63. The van der Waals surface area contributed by atoms with Gasteiger partial charge in [-0.15, -0.1) is 0 Å². The third-order valence-corrected chi connectivity index (χ3v) is 4.32. The van der Waals surface area contributed by atoms with E-state index >= 15 is 0 Å². The van der Waals surface area contributed by atoms with E-state index in [2.05, 4.69) is 24.2 Å². The number of hydrogen-bond acceptors (Lipinski definition) is 4. The average Bonchev–Trinajstić information content (AvgIpc) is 2.84. The van der Waals surface area contributed by atoms with Crippen LogP contribution in [-0.2, 0) is 9.53 Å². The zero-order valence-electron chi connectivity index (χ0n) is 13.0. The van der Waals surface area contributed by atoms with Crippen molar-refractivity contribution in [2.24, 2.45) is 0 Å². The van der Waals surface area contributed by atoms with Crippen LogP contribution in [0.25, 0.3) is 0 Å². The first-order valence-corrected chi connectivity index (χ1v) is 7.63. The number of rotatable bonds is 8. The number of carbonyl (C=O) groups excluding carboxylic acids is 1. The van der Waals surface area contributed by atoms with Crippen LogP contribution in [0.15, 0.2) is 0 Å². The summed E-state index contributed by atoms with van der Waals surface area (Å²) in [4.78, 5) is 14.5. The van der Waals surface area contributed by atoms with Crippen LogP contribution >= 0.6 is 0 Å². The number of carbonyl (C=O) groups is 1. The SMILES string of the molecule is CCCCCN(C)C1CCC(NCC)(C(=O)OC)C1. The molecular formula is C15H30N2O2. The van der Waals surface area contributed by atoms with Gasteiger partial charge in [-0.2, -0.15) is 0 Å². The van der Waals surface area contributed by atoms with Crippen LogP contribution in [0, 0.1) is 0 Å². The van der Waals surface area contributed by atoms with E-state index in [0.29, 0.717) is 6.04 Å². The Morgan fingerprint density at radius 1 is 1.42 bits per heavy atom. The van der Waals surface area contributed by atoms with E-state index in [4.69, 9.17) is 4.74 Å². The van der Waals surface area contributed by atoms with Crippen molar-refractivity contribution in [1.29, 1.82) is 0 Å². The summed E-state index contributed by atoms with van der Waals surface area (Å²) in [7, 11) is 3.67. The molecule has 0 saturated heterocycles. The largest absolute Gasteiger partial charge is 0.468 e. The monoisotopic (exact) mass is 270 g/mol. The standard InChI is InChI=1S/C15H30N2O2/c1-5-7-8-11-17(3)13-9-10-15(12-13,16-6-2)14(18)19-4/h13,16H,5-12H2,1-4H3. The first kappa shape index (κ1) is 16.4. The Morgan fingerprint density at radius 3 is 2.74 bits per heavy atom. The van der Waals surface area contributed by atoms with E-state index in [1.54, 1.807) is 0 Å². The van der Waals surface area contributed by atoms with E-state index in [-0.39, 0.29) is 5.97 Å². The molecule has 1 aliphatic rings. The van der Waals surface area contributed by atoms with Gasteiger partial charge in [-0.05, 0) is 45.8 Å². The van der Waals surface area contributed by atoms with Crippen LogP contribution in [0.2, 0.25) is 0 Å². The molecule has 0 aromatic rings. The lowest BCUT2D eigenvalue weighted by atomic mass is 9.97. The molecule has 0 aromatic heterocycles. The van der Waals surface area contributed by atoms with Gasteiger partial charge in [0.05, 0.1) is 7.11 Å². The smallest absolute Gasteiger partial charge is 0.326 e. The molecule has 4 nitrogen and oxygen atoms in total. The lowest BCUT2D eigenvalue weighted by Gasteiger charge is -2.29. The summed E-state index contributed by atoms with van der Waals surface area (Å²) in [6.45, 7) is 6.20. The maximum atomic E-state index is 12.1. The molecule has 4 heteroatoms. The van der Waals surface area contributed by atoms with Gasteiger partial charge in [0.25, 0.3) is 0 Å². The fourth-order valence-corrected chi connectivity index (χ4v) is 3.14. The van der Waals surface area contributed by atoms with Gasteiger partial charge in [-0.1, -0.05) is 26.7 Å². The molecule has 0 bridgehead atoms. The third-order valence-electron chi connectivity index (χ3n) is 4.32. The molecule has 0 radical (unpaired) electrons. The Hall–Kier alpha value is -0.610. The minimum Gasteiger partial charge on any atom is -0.468 e. The van der Waals surface area contributed by atoms with E-state index in [1.165, 1.54) is 26.4 Å². The number of unbranched alkanes of at least 4 members (excludes halogenated alkanes) is 2. The predicted molar refractivity (Wildman–Crippen MR) is 78.2 cm³/mol. The second-order valence-corrected chi connectivity index (χ2v) is 5.69. The molecule has 0 amide bonds. The molecule has 1 N–H and O–H groups in total. The number of methoxy groups -OCH3 is 1. The predicted octanol–water partition coefficient (Wildman–Crippen LogP) is 2.18. The Labute approximate surface area is 117 Å². The molecule has 0 aromatic carbocycles. The van der Waals surface area contributed by atoms with Crippen LogP contribution in [0.4, 0.5) is 0 Å². The fourth-order valence-electron chi connectivity index (χ4n) is 3.14. The van der Waals surface area contributed by atoms with Gasteiger partial charge in [0.15, 0.2) is 0 Å². The molecule has 19 heavy (non-hydrogen) atoms. The van der Waals surface area contributed by atoms with Crippen LogP contribution in [-0.4, -0.2) is 49.7 Å². The van der Waals surface area contributed by atoms with E-state index < -0.39 is 5.54 Å². The van der Waals surface area contributed by atoms with E-state index in [9.17, 15) is 4.79 Å². The van der Waals surface area contributed by atoms with Crippen molar-refractivity contribution in [2.75, 3.05) is 27.2 Å². The van der Waals surface area contributed by atoms with Crippen molar-refractivity contribution in [1.82, 2.24) is 10.2 Å². The number of esters is 1. The van der Waals surface area contributed by atoms with Crippen LogP contribution in [0.3, 0.4) is 0 Å². The zero-order chi connectivity index (χ0) is 14.3. The van der Waals surface area contributed by atoms with Gasteiger partial charge in [0, 0.05) is 6.04 Å². The summed E-state index contributed by atoms with van der Waals surface area (Å²) in [5.74, 6) is -0.0983. The first-order chi connectivity index (χ1) is 9.09. The molecule has 0 heterocycles. The van der Waals surface area contributed by atoms with E-state index in [0.717, 1.165) is 32.4 Å². The number of hydrogen-bond donors (Lipinski definition) is 1. The van der Waals surface area contributed by atoms with Gasteiger partial charge in [0.2, 0.25) is 0 Å². The van der Waals surface area contributed by atoms with Crippen molar-refractivity contribution < 1.29 is 9.53 Å². The molecule has 0 aliphatic heterocycles. The summed E-state index contributed by atoms with van der Waals surface area (Å²) in [5.41, 5.74) is -0.451. The Kier molecular flexibility index (Phi) is 6.80. The highest BCUT2D eigenvalue weighted by molar-refractivity contribution is 5.81. The molecule has 112 valence electrons. The molecule has 2 atom stereocenters. The van der Waals surface area contributed by atoms with Gasteiger partial charge >= 0.3 is 5.97 Å².